The Bertz CT molecular complexity index is 1350. The highest BCUT2D eigenvalue weighted by Crippen LogP contribution is 2.44. The predicted molar refractivity (Wildman–Crippen MR) is 131 cm³/mol. The van der Waals surface area contributed by atoms with Crippen molar-refractivity contribution in [2.45, 2.75) is 26.8 Å². The molecule has 0 spiro atoms. The van der Waals surface area contributed by atoms with Crippen LogP contribution in [0.3, 0.4) is 0 Å². The fourth-order valence-corrected chi connectivity index (χ4v) is 4.27. The molecule has 1 heterocycles. The molecule has 1 saturated heterocycles. The summed E-state index contributed by atoms with van der Waals surface area (Å²) in [7, 11) is 1.52. The Hall–Kier alpha value is -4.13. The summed E-state index contributed by atoms with van der Waals surface area (Å²) in [4.78, 5) is 28.0. The van der Waals surface area contributed by atoms with E-state index in [1.165, 1.54) is 30.2 Å². The first-order valence-corrected chi connectivity index (χ1v) is 11.2. The number of Topliss-reactive ketones (excluding diaryl/α,β-unsaturated/α-hetero) is 1. The third-order valence-corrected chi connectivity index (χ3v) is 5.96. The molecule has 4 rings (SSSR count). The second-order valence-corrected chi connectivity index (χ2v) is 8.32. The number of nitrogens with zero attached hydrogens (tertiary/aromatic N) is 1. The minimum Gasteiger partial charge on any atom is -0.507 e. The molecule has 0 aromatic heterocycles. The van der Waals surface area contributed by atoms with Gasteiger partial charge in [-0.25, -0.2) is 4.39 Å². The fraction of sp³-hybridized carbons (Fsp3) is 0.214. The van der Waals surface area contributed by atoms with Crippen LogP contribution >= 0.6 is 0 Å². The number of ether oxygens (including phenoxy) is 2. The number of anilines is 1. The molecule has 1 N–H and O–H groups in total. The second kappa shape index (κ2) is 9.62. The lowest BCUT2D eigenvalue weighted by molar-refractivity contribution is -0.132. The molecule has 7 heteroatoms. The van der Waals surface area contributed by atoms with Gasteiger partial charge in [-0.1, -0.05) is 18.2 Å². The minimum absolute atomic E-state index is 0.0878. The summed E-state index contributed by atoms with van der Waals surface area (Å²) in [6, 6.07) is 15.4. The van der Waals surface area contributed by atoms with Gasteiger partial charge in [-0.15, -0.1) is 0 Å². The number of ketones is 1. The van der Waals surface area contributed by atoms with Crippen molar-refractivity contribution in [1.29, 1.82) is 0 Å². The molecule has 3 aromatic carbocycles. The molecule has 1 amide bonds. The van der Waals surface area contributed by atoms with Crippen molar-refractivity contribution < 1.29 is 28.6 Å². The number of carbonyl (C=O) groups excluding carboxylic acids is 2. The summed E-state index contributed by atoms with van der Waals surface area (Å²) >= 11 is 0. The highest BCUT2D eigenvalue weighted by Gasteiger charge is 2.47. The molecule has 1 unspecified atom stereocenters. The Morgan fingerprint density at radius 3 is 2.46 bits per heavy atom. The van der Waals surface area contributed by atoms with Crippen LogP contribution in [0.1, 0.15) is 35.2 Å². The first-order chi connectivity index (χ1) is 16.8. The van der Waals surface area contributed by atoms with Crippen LogP contribution in [0.2, 0.25) is 0 Å². The number of methoxy groups -OCH3 is 1. The number of halogens is 1. The number of aliphatic hydroxyl groups excluding tert-OH is 1. The van der Waals surface area contributed by atoms with Gasteiger partial charge in [0.15, 0.2) is 11.5 Å². The van der Waals surface area contributed by atoms with E-state index in [9.17, 15) is 19.1 Å². The van der Waals surface area contributed by atoms with Gasteiger partial charge in [0, 0.05) is 11.3 Å². The fourth-order valence-electron chi connectivity index (χ4n) is 4.27. The van der Waals surface area contributed by atoms with Crippen molar-refractivity contribution in [2.24, 2.45) is 0 Å². The Kier molecular flexibility index (Phi) is 6.60. The van der Waals surface area contributed by atoms with Gasteiger partial charge in [0.25, 0.3) is 11.7 Å². The summed E-state index contributed by atoms with van der Waals surface area (Å²) in [6.07, 6.45) is 0. The maximum Gasteiger partial charge on any atom is 0.300 e. The van der Waals surface area contributed by atoms with E-state index in [-0.39, 0.29) is 16.9 Å². The third kappa shape index (κ3) is 4.37. The van der Waals surface area contributed by atoms with E-state index in [1.54, 1.807) is 43.3 Å². The van der Waals surface area contributed by atoms with Crippen LogP contribution < -0.4 is 14.4 Å². The first-order valence-electron chi connectivity index (χ1n) is 11.2. The number of aryl methyl sites for hydroxylation is 2. The van der Waals surface area contributed by atoms with Crippen molar-refractivity contribution in [3.05, 3.63) is 94.3 Å². The summed E-state index contributed by atoms with van der Waals surface area (Å²) < 4.78 is 25.0. The second-order valence-electron chi connectivity index (χ2n) is 8.32. The van der Waals surface area contributed by atoms with Crippen LogP contribution in [0.25, 0.3) is 5.76 Å². The van der Waals surface area contributed by atoms with Gasteiger partial charge >= 0.3 is 0 Å². The zero-order valence-corrected chi connectivity index (χ0v) is 20.0. The molecule has 35 heavy (non-hydrogen) atoms. The zero-order chi connectivity index (χ0) is 25.3. The molecule has 1 atom stereocenters. The molecule has 1 aliphatic heterocycles. The lowest BCUT2D eigenvalue weighted by Gasteiger charge is -2.26. The van der Waals surface area contributed by atoms with E-state index in [2.05, 4.69) is 0 Å². The lowest BCUT2D eigenvalue weighted by atomic mass is 9.94. The minimum atomic E-state index is -0.938. The molecule has 1 fully saturated rings. The summed E-state index contributed by atoms with van der Waals surface area (Å²) in [5.41, 5.74) is 2.43. The van der Waals surface area contributed by atoms with Gasteiger partial charge in [-0.3, -0.25) is 14.5 Å². The molecule has 3 aromatic rings. The molecule has 0 aliphatic carbocycles. The topological polar surface area (TPSA) is 76.1 Å². The molecular formula is C28H26FNO5. The van der Waals surface area contributed by atoms with E-state index in [4.69, 9.17) is 9.47 Å². The van der Waals surface area contributed by atoms with Crippen LogP contribution in [0.4, 0.5) is 10.1 Å². The van der Waals surface area contributed by atoms with Crippen molar-refractivity contribution in [2.75, 3.05) is 18.6 Å². The average Bonchev–Trinajstić information content (AvgIpc) is 3.11. The maximum absolute atomic E-state index is 13.9. The monoisotopic (exact) mass is 475 g/mol. The number of amides is 1. The van der Waals surface area contributed by atoms with Crippen molar-refractivity contribution in [1.82, 2.24) is 0 Å². The highest BCUT2D eigenvalue weighted by atomic mass is 19.1. The van der Waals surface area contributed by atoms with Crippen LogP contribution in [-0.4, -0.2) is 30.5 Å². The Morgan fingerprint density at radius 1 is 1.03 bits per heavy atom. The first kappa shape index (κ1) is 24.0. The molecule has 0 bridgehead atoms. The van der Waals surface area contributed by atoms with Gasteiger partial charge in [0.2, 0.25) is 0 Å². The summed E-state index contributed by atoms with van der Waals surface area (Å²) in [6.45, 7) is 5.66. The van der Waals surface area contributed by atoms with Crippen molar-refractivity contribution in [3.63, 3.8) is 0 Å². The van der Waals surface area contributed by atoms with E-state index >= 15 is 0 Å². The smallest absolute Gasteiger partial charge is 0.300 e. The quantitative estimate of drug-likeness (QED) is 0.290. The molecule has 0 radical (unpaired) electrons. The molecule has 6 nitrogen and oxygen atoms in total. The summed E-state index contributed by atoms with van der Waals surface area (Å²) in [5.74, 6) is -1.47. The van der Waals surface area contributed by atoms with Gasteiger partial charge in [-0.05, 0) is 79.9 Å². The number of carbonyl (C=O) groups is 2. The number of aliphatic hydroxyl groups is 1. The largest absolute Gasteiger partial charge is 0.507 e. The van der Waals surface area contributed by atoms with Gasteiger partial charge in [0.1, 0.15) is 11.6 Å². The van der Waals surface area contributed by atoms with Crippen LogP contribution in [-0.2, 0) is 9.59 Å². The van der Waals surface area contributed by atoms with Crippen LogP contribution in [0, 0.1) is 19.7 Å². The molecule has 0 saturated carbocycles. The predicted octanol–water partition coefficient (Wildman–Crippen LogP) is 5.48. The Morgan fingerprint density at radius 2 is 1.80 bits per heavy atom. The van der Waals surface area contributed by atoms with E-state index < -0.39 is 23.5 Å². The van der Waals surface area contributed by atoms with E-state index in [1.807, 2.05) is 19.9 Å². The van der Waals surface area contributed by atoms with Crippen LogP contribution in [0.5, 0.6) is 11.5 Å². The third-order valence-electron chi connectivity index (χ3n) is 5.96. The van der Waals surface area contributed by atoms with Gasteiger partial charge < -0.3 is 14.6 Å². The number of hydrogen-bond acceptors (Lipinski definition) is 5. The lowest BCUT2D eigenvalue weighted by Crippen LogP contribution is -2.29. The number of hydrogen-bond donors (Lipinski definition) is 1. The Labute approximate surface area is 203 Å². The van der Waals surface area contributed by atoms with Crippen LogP contribution in [0.15, 0.2) is 66.2 Å². The maximum atomic E-state index is 13.9. The number of benzene rings is 3. The van der Waals surface area contributed by atoms with E-state index in [0.29, 0.717) is 34.9 Å². The standard InChI is InChI=1S/C28H26FNO5/c1-5-35-23-15-18(10-12-22(23)34-4)25-24(26(31)19-9-11-21(29)17(3)14-19)27(32)28(33)30(25)20-8-6-7-16(2)13-20/h6-15,25,31H,5H2,1-4H3/b26-24-. The number of rotatable bonds is 6. The Balaban J connectivity index is 1.98. The van der Waals surface area contributed by atoms with E-state index in [0.717, 1.165) is 5.56 Å². The van der Waals surface area contributed by atoms with Crippen molar-refractivity contribution >= 4 is 23.1 Å². The molecule has 180 valence electrons. The average molecular weight is 476 g/mol. The molecule has 1 aliphatic rings. The SMILES string of the molecule is CCOc1cc(C2/C(=C(/O)c3ccc(F)c(C)c3)C(=O)C(=O)N2c2cccc(C)c2)ccc1OC. The highest BCUT2D eigenvalue weighted by molar-refractivity contribution is 6.51. The molecular weight excluding hydrogens is 449 g/mol. The zero-order valence-electron chi connectivity index (χ0n) is 20.0. The summed E-state index contributed by atoms with van der Waals surface area (Å²) in [5, 5.41) is 11.2. The van der Waals surface area contributed by atoms with Gasteiger partial charge in [-0.2, -0.15) is 0 Å². The van der Waals surface area contributed by atoms with Gasteiger partial charge in [0.05, 0.1) is 25.3 Å². The van der Waals surface area contributed by atoms with Crippen molar-refractivity contribution in [3.8, 4) is 11.5 Å². The normalized spacial score (nSPS) is 17.1.